The van der Waals surface area contributed by atoms with E-state index in [-0.39, 0.29) is 5.41 Å². The molecule has 1 aliphatic carbocycles. The highest BCUT2D eigenvalue weighted by atomic mass is 14.9. The minimum Gasteiger partial charge on any atom is -0.228 e. The average Bonchev–Trinajstić information content (AvgIpc) is 3.43. The Labute approximate surface area is 297 Å². The van der Waals surface area contributed by atoms with Crippen molar-refractivity contribution in [1.29, 1.82) is 0 Å². The first-order chi connectivity index (χ1) is 25.0. The Balaban J connectivity index is 1.27. The highest BCUT2D eigenvalue weighted by molar-refractivity contribution is 6.19. The number of fused-ring (bicyclic) bond motifs is 7. The molecule has 1 aliphatic rings. The Bertz CT molecular complexity index is 2810. The zero-order valence-corrected chi connectivity index (χ0v) is 28.6. The van der Waals surface area contributed by atoms with Crippen molar-refractivity contribution in [3.8, 4) is 56.2 Å². The van der Waals surface area contributed by atoms with Crippen molar-refractivity contribution in [2.24, 2.45) is 0 Å². The fraction of sp³-hybridized carbons (Fsp3) is 0.0612. The van der Waals surface area contributed by atoms with Gasteiger partial charge >= 0.3 is 0 Å². The summed E-state index contributed by atoms with van der Waals surface area (Å²) in [6.07, 6.45) is 0. The third kappa shape index (κ3) is 4.64. The lowest BCUT2D eigenvalue weighted by Crippen LogP contribution is -2.14. The van der Waals surface area contributed by atoms with Gasteiger partial charge < -0.3 is 0 Å². The lowest BCUT2D eigenvalue weighted by Gasteiger charge is -2.21. The second-order valence-corrected chi connectivity index (χ2v) is 14.2. The first-order valence-corrected chi connectivity index (χ1v) is 17.7. The molecule has 240 valence electrons. The largest absolute Gasteiger partial charge is 0.228 e. The zero-order chi connectivity index (χ0) is 34.1. The van der Waals surface area contributed by atoms with Crippen molar-refractivity contribution in [2.45, 2.75) is 19.3 Å². The molecule has 10 rings (SSSR count). The van der Waals surface area contributed by atoms with Crippen LogP contribution in [0.2, 0.25) is 0 Å². The predicted molar refractivity (Wildman–Crippen MR) is 214 cm³/mol. The van der Waals surface area contributed by atoms with E-state index >= 15 is 0 Å². The van der Waals surface area contributed by atoms with E-state index in [2.05, 4.69) is 184 Å². The van der Waals surface area contributed by atoms with Gasteiger partial charge in [0.05, 0.1) is 11.4 Å². The molecule has 0 radical (unpaired) electrons. The van der Waals surface area contributed by atoms with Crippen molar-refractivity contribution in [3.63, 3.8) is 0 Å². The summed E-state index contributed by atoms with van der Waals surface area (Å²) in [4.78, 5) is 11.0. The van der Waals surface area contributed by atoms with Gasteiger partial charge in [-0.05, 0) is 77.8 Å². The predicted octanol–water partition coefficient (Wildman–Crippen LogP) is 12.9. The van der Waals surface area contributed by atoms with Crippen LogP contribution >= 0.6 is 0 Å². The third-order valence-corrected chi connectivity index (χ3v) is 10.9. The number of hydrogen-bond acceptors (Lipinski definition) is 2. The molecule has 1 heterocycles. The van der Waals surface area contributed by atoms with E-state index in [1.54, 1.807) is 0 Å². The smallest absolute Gasteiger partial charge is 0.161 e. The summed E-state index contributed by atoms with van der Waals surface area (Å²) < 4.78 is 0. The van der Waals surface area contributed by atoms with Gasteiger partial charge in [0.25, 0.3) is 0 Å². The number of aromatic nitrogens is 2. The summed E-state index contributed by atoms with van der Waals surface area (Å²) >= 11 is 0. The summed E-state index contributed by atoms with van der Waals surface area (Å²) in [6, 6.07) is 61.2. The summed E-state index contributed by atoms with van der Waals surface area (Å²) in [5.74, 6) is 0.731. The molecule has 2 nitrogen and oxygen atoms in total. The molecule has 0 spiro atoms. The minimum absolute atomic E-state index is 0.110. The molecule has 1 aromatic heterocycles. The monoisotopic (exact) mass is 650 g/mol. The van der Waals surface area contributed by atoms with Gasteiger partial charge in [0.1, 0.15) is 0 Å². The molecule has 0 amide bonds. The van der Waals surface area contributed by atoms with Crippen LogP contribution in [0.25, 0.3) is 88.5 Å². The normalized spacial score (nSPS) is 13.1. The van der Waals surface area contributed by atoms with Gasteiger partial charge in [-0.1, -0.05) is 172 Å². The summed E-state index contributed by atoms with van der Waals surface area (Å²) in [7, 11) is 0. The van der Waals surface area contributed by atoms with Crippen LogP contribution in [0.15, 0.2) is 170 Å². The van der Waals surface area contributed by atoms with Crippen molar-refractivity contribution in [1.82, 2.24) is 9.97 Å². The Morgan fingerprint density at radius 1 is 0.373 bits per heavy atom. The third-order valence-electron chi connectivity index (χ3n) is 10.9. The molecule has 0 atom stereocenters. The summed E-state index contributed by atoms with van der Waals surface area (Å²) in [5, 5.41) is 7.14. The SMILES string of the molecule is CC1(C)c2ccccc2-c2c(-c3cc(-c4ccc(-c5ccccc5)cc4)nc(-c4c5ccccc5cc5c4ccc4ccccc45)n3)cccc21. The highest BCUT2D eigenvalue weighted by Crippen LogP contribution is 2.52. The highest BCUT2D eigenvalue weighted by Gasteiger charge is 2.36. The minimum atomic E-state index is -0.110. The maximum atomic E-state index is 5.53. The molecule has 0 fully saturated rings. The molecule has 0 saturated heterocycles. The topological polar surface area (TPSA) is 25.8 Å². The van der Waals surface area contributed by atoms with E-state index in [0.29, 0.717) is 0 Å². The van der Waals surface area contributed by atoms with Crippen LogP contribution < -0.4 is 0 Å². The fourth-order valence-corrected chi connectivity index (χ4v) is 8.34. The van der Waals surface area contributed by atoms with E-state index in [9.17, 15) is 0 Å². The maximum Gasteiger partial charge on any atom is 0.161 e. The lowest BCUT2D eigenvalue weighted by atomic mass is 9.82. The average molecular weight is 651 g/mol. The van der Waals surface area contributed by atoms with E-state index in [1.165, 1.54) is 54.9 Å². The standard InChI is InChI=1S/C49H34N2/c1-49(2)42-21-11-10-19-39(42)46-40(20-12-22-43(46)49)45-30-44(34-25-23-32(24-26-34)31-13-4-3-5-14-31)50-48(51-45)47-37-18-9-7-16-35(37)29-41-36-17-8-6-15-33(36)27-28-38(41)47/h3-30H,1-2H3. The van der Waals surface area contributed by atoms with E-state index < -0.39 is 0 Å². The van der Waals surface area contributed by atoms with Gasteiger partial charge in [-0.25, -0.2) is 9.97 Å². The first kappa shape index (κ1) is 29.5. The molecule has 0 saturated carbocycles. The van der Waals surface area contributed by atoms with Crippen molar-refractivity contribution < 1.29 is 0 Å². The molecule has 2 heteroatoms. The van der Waals surface area contributed by atoms with Gasteiger partial charge in [-0.3, -0.25) is 0 Å². The van der Waals surface area contributed by atoms with Crippen molar-refractivity contribution in [2.75, 3.05) is 0 Å². The van der Waals surface area contributed by atoms with Crippen LogP contribution in [0, 0.1) is 0 Å². The number of nitrogens with zero attached hydrogens (tertiary/aromatic N) is 2. The Hall–Kier alpha value is -6.38. The Morgan fingerprint density at radius 3 is 1.84 bits per heavy atom. The van der Waals surface area contributed by atoms with Crippen LogP contribution in [0.5, 0.6) is 0 Å². The van der Waals surface area contributed by atoms with E-state index in [1.807, 2.05) is 0 Å². The van der Waals surface area contributed by atoms with Crippen LogP contribution in [0.4, 0.5) is 0 Å². The molecule has 0 unspecified atom stereocenters. The zero-order valence-electron chi connectivity index (χ0n) is 28.6. The van der Waals surface area contributed by atoms with Gasteiger partial charge in [-0.2, -0.15) is 0 Å². The quantitative estimate of drug-likeness (QED) is 0.140. The van der Waals surface area contributed by atoms with Gasteiger partial charge in [-0.15, -0.1) is 0 Å². The van der Waals surface area contributed by atoms with Crippen LogP contribution in [-0.2, 0) is 5.41 Å². The van der Waals surface area contributed by atoms with Crippen molar-refractivity contribution >= 4 is 32.3 Å². The molecule has 0 aliphatic heterocycles. The number of benzene rings is 8. The van der Waals surface area contributed by atoms with E-state index in [4.69, 9.17) is 9.97 Å². The van der Waals surface area contributed by atoms with Crippen LogP contribution in [0.1, 0.15) is 25.0 Å². The number of hydrogen-bond donors (Lipinski definition) is 0. The molecule has 9 aromatic rings. The molecule has 0 N–H and O–H groups in total. The molecular formula is C49H34N2. The Kier molecular flexibility index (Phi) is 6.56. The molecular weight excluding hydrogens is 617 g/mol. The summed E-state index contributed by atoms with van der Waals surface area (Å²) in [5.41, 5.74) is 12.6. The van der Waals surface area contributed by atoms with E-state index in [0.717, 1.165) is 44.7 Å². The van der Waals surface area contributed by atoms with Crippen molar-refractivity contribution in [3.05, 3.63) is 181 Å². The van der Waals surface area contributed by atoms with Crippen LogP contribution in [-0.4, -0.2) is 9.97 Å². The van der Waals surface area contributed by atoms with Crippen LogP contribution in [0.3, 0.4) is 0 Å². The van der Waals surface area contributed by atoms with Gasteiger partial charge in [0.2, 0.25) is 0 Å². The first-order valence-electron chi connectivity index (χ1n) is 17.7. The number of rotatable bonds is 4. The van der Waals surface area contributed by atoms with Gasteiger partial charge in [0.15, 0.2) is 5.82 Å². The second kappa shape index (κ2) is 11.3. The second-order valence-electron chi connectivity index (χ2n) is 14.2. The summed E-state index contributed by atoms with van der Waals surface area (Å²) in [6.45, 7) is 4.66. The lowest BCUT2D eigenvalue weighted by molar-refractivity contribution is 0.660. The Morgan fingerprint density at radius 2 is 1.00 bits per heavy atom. The molecule has 51 heavy (non-hydrogen) atoms. The maximum absolute atomic E-state index is 5.53. The fourth-order valence-electron chi connectivity index (χ4n) is 8.34. The molecule has 8 aromatic carbocycles. The molecule has 0 bridgehead atoms. The van der Waals surface area contributed by atoms with Gasteiger partial charge in [0, 0.05) is 22.1 Å².